The Morgan fingerprint density at radius 3 is 2.00 bits per heavy atom. The van der Waals surface area contributed by atoms with E-state index in [0.29, 0.717) is 13.1 Å². The van der Waals surface area contributed by atoms with Crippen molar-refractivity contribution in [3.8, 4) is 11.1 Å². The van der Waals surface area contributed by atoms with Crippen LogP contribution in [0, 0.1) is 5.82 Å². The number of carbonyl (C=O) groups excluding carboxylic acids is 2. The molecule has 2 aromatic rings. The smallest absolute Gasteiger partial charge is 0.220 e. The molecule has 2 aliphatic rings. The monoisotopic (exact) mass is 382 g/mol. The molecule has 0 aliphatic carbocycles. The number of nitrogens with zero attached hydrogens (tertiary/aromatic N) is 2. The fourth-order valence-electron chi connectivity index (χ4n) is 4.88. The van der Waals surface area contributed by atoms with Crippen molar-refractivity contribution >= 4 is 11.8 Å². The molecule has 0 unspecified atom stereocenters. The van der Waals surface area contributed by atoms with Crippen molar-refractivity contribution in [3.05, 3.63) is 59.9 Å². The molecular formula is C22H23FN2O3. The van der Waals surface area contributed by atoms with Gasteiger partial charge in [0.05, 0.1) is 18.2 Å². The van der Waals surface area contributed by atoms with E-state index in [0.717, 1.165) is 16.7 Å². The third kappa shape index (κ3) is 2.71. The number of benzene rings is 2. The van der Waals surface area contributed by atoms with Gasteiger partial charge in [-0.2, -0.15) is 0 Å². The molecule has 2 aromatic carbocycles. The summed E-state index contributed by atoms with van der Waals surface area (Å²) < 4.78 is 13.1. The fraction of sp³-hybridized carbons (Fsp3) is 0.364. The van der Waals surface area contributed by atoms with Crippen LogP contribution < -0.4 is 0 Å². The number of aliphatic hydroxyl groups is 1. The summed E-state index contributed by atoms with van der Waals surface area (Å²) in [6.45, 7) is 3.89. The van der Waals surface area contributed by atoms with Crippen molar-refractivity contribution in [1.82, 2.24) is 9.80 Å². The minimum Gasteiger partial charge on any atom is -0.394 e. The first kappa shape index (κ1) is 18.6. The van der Waals surface area contributed by atoms with E-state index < -0.39 is 5.54 Å². The van der Waals surface area contributed by atoms with E-state index in [4.69, 9.17) is 0 Å². The zero-order valence-electron chi connectivity index (χ0n) is 15.9. The number of likely N-dealkylation sites (tertiary alicyclic amines) is 2. The Morgan fingerprint density at radius 2 is 1.54 bits per heavy atom. The number of carbonyl (C=O) groups is 2. The van der Waals surface area contributed by atoms with Gasteiger partial charge in [0.15, 0.2) is 0 Å². The summed E-state index contributed by atoms with van der Waals surface area (Å²) in [4.78, 5) is 27.4. The van der Waals surface area contributed by atoms with Gasteiger partial charge >= 0.3 is 0 Å². The highest BCUT2D eigenvalue weighted by Crippen LogP contribution is 2.53. The van der Waals surface area contributed by atoms with Gasteiger partial charge in [0, 0.05) is 32.9 Å². The van der Waals surface area contributed by atoms with Crippen LogP contribution in [0.5, 0.6) is 0 Å². The second-order valence-electron chi connectivity index (χ2n) is 7.72. The van der Waals surface area contributed by atoms with Crippen LogP contribution in [0.15, 0.2) is 48.5 Å². The molecule has 2 amide bonds. The van der Waals surface area contributed by atoms with Crippen LogP contribution in [0.2, 0.25) is 0 Å². The standard InChI is InChI=1S/C22H23FN2O3/c1-14(27)24-12-22(13-24)21(20(11-26)25(22)15(2)28)18-5-3-16(4-6-18)17-7-9-19(23)10-8-17/h3-10,20-21,26H,11-13H2,1-2H3/t20-,21+/m0/s1. The summed E-state index contributed by atoms with van der Waals surface area (Å²) in [7, 11) is 0. The van der Waals surface area contributed by atoms with Crippen molar-refractivity contribution in [2.75, 3.05) is 19.7 Å². The maximum absolute atomic E-state index is 13.1. The minimum absolute atomic E-state index is 0.00742. The molecule has 0 saturated carbocycles. The molecule has 5 nitrogen and oxygen atoms in total. The van der Waals surface area contributed by atoms with E-state index in [9.17, 15) is 19.1 Å². The lowest BCUT2D eigenvalue weighted by Crippen LogP contribution is -2.85. The van der Waals surface area contributed by atoms with Crippen molar-refractivity contribution < 1.29 is 19.1 Å². The van der Waals surface area contributed by atoms with Gasteiger partial charge in [-0.25, -0.2) is 4.39 Å². The van der Waals surface area contributed by atoms with Crippen LogP contribution in [0.1, 0.15) is 25.3 Å². The minimum atomic E-state index is -0.442. The summed E-state index contributed by atoms with van der Waals surface area (Å²) in [6.07, 6.45) is 0. The Hall–Kier alpha value is -2.73. The first-order chi connectivity index (χ1) is 13.4. The molecule has 2 aliphatic heterocycles. The third-order valence-electron chi connectivity index (χ3n) is 6.12. The van der Waals surface area contributed by atoms with E-state index in [1.807, 2.05) is 24.3 Å². The fourth-order valence-corrected chi connectivity index (χ4v) is 4.88. The average molecular weight is 382 g/mol. The van der Waals surface area contributed by atoms with E-state index in [1.165, 1.54) is 26.0 Å². The van der Waals surface area contributed by atoms with Gasteiger partial charge in [-0.15, -0.1) is 0 Å². The van der Waals surface area contributed by atoms with E-state index in [2.05, 4.69) is 0 Å². The van der Waals surface area contributed by atoms with Crippen LogP contribution in [-0.4, -0.2) is 58.0 Å². The van der Waals surface area contributed by atoms with Crippen LogP contribution >= 0.6 is 0 Å². The van der Waals surface area contributed by atoms with Gasteiger partial charge in [0.25, 0.3) is 0 Å². The first-order valence-electron chi connectivity index (χ1n) is 9.39. The van der Waals surface area contributed by atoms with Gasteiger partial charge in [0.1, 0.15) is 5.82 Å². The molecule has 0 bridgehead atoms. The van der Waals surface area contributed by atoms with Crippen molar-refractivity contribution in [2.45, 2.75) is 31.3 Å². The van der Waals surface area contributed by atoms with Crippen LogP contribution in [0.3, 0.4) is 0 Å². The zero-order valence-corrected chi connectivity index (χ0v) is 15.9. The molecule has 6 heteroatoms. The Morgan fingerprint density at radius 1 is 1.00 bits per heavy atom. The summed E-state index contributed by atoms with van der Waals surface area (Å²) >= 11 is 0. The molecule has 146 valence electrons. The first-order valence-corrected chi connectivity index (χ1v) is 9.39. The molecular weight excluding hydrogens is 359 g/mol. The van der Waals surface area contributed by atoms with E-state index >= 15 is 0 Å². The molecule has 2 heterocycles. The molecule has 4 rings (SSSR count). The molecule has 28 heavy (non-hydrogen) atoms. The Bertz CT molecular complexity index is 904. The molecule has 2 saturated heterocycles. The van der Waals surface area contributed by atoms with E-state index in [-0.39, 0.29) is 36.2 Å². The second kappa shape index (κ2) is 6.71. The zero-order chi connectivity index (χ0) is 20.1. The Kier molecular flexibility index (Phi) is 4.46. The highest BCUT2D eigenvalue weighted by Gasteiger charge is 2.67. The van der Waals surface area contributed by atoms with Crippen LogP contribution in [0.4, 0.5) is 4.39 Å². The van der Waals surface area contributed by atoms with Crippen molar-refractivity contribution in [2.24, 2.45) is 0 Å². The summed E-state index contributed by atoms with van der Waals surface area (Å²) in [5.41, 5.74) is 2.49. The molecule has 1 spiro atoms. The predicted octanol–water partition coefficient (Wildman–Crippen LogP) is 2.40. The number of hydrogen-bond acceptors (Lipinski definition) is 3. The Labute approximate surface area is 163 Å². The molecule has 1 N–H and O–H groups in total. The second-order valence-corrected chi connectivity index (χ2v) is 7.72. The number of aliphatic hydroxyl groups excluding tert-OH is 1. The number of amides is 2. The largest absolute Gasteiger partial charge is 0.394 e. The quantitative estimate of drug-likeness (QED) is 0.887. The molecule has 0 radical (unpaired) electrons. The van der Waals surface area contributed by atoms with Gasteiger partial charge in [0.2, 0.25) is 11.8 Å². The summed E-state index contributed by atoms with van der Waals surface area (Å²) in [6, 6.07) is 14.0. The maximum atomic E-state index is 13.1. The summed E-state index contributed by atoms with van der Waals surface area (Å²) in [5, 5.41) is 9.91. The number of rotatable bonds is 3. The Balaban J connectivity index is 1.63. The highest BCUT2D eigenvalue weighted by molar-refractivity contribution is 5.80. The van der Waals surface area contributed by atoms with Gasteiger partial charge in [-0.1, -0.05) is 36.4 Å². The predicted molar refractivity (Wildman–Crippen MR) is 103 cm³/mol. The van der Waals surface area contributed by atoms with E-state index in [1.54, 1.807) is 21.9 Å². The van der Waals surface area contributed by atoms with Crippen LogP contribution in [-0.2, 0) is 9.59 Å². The third-order valence-corrected chi connectivity index (χ3v) is 6.12. The number of hydrogen-bond donors (Lipinski definition) is 1. The average Bonchev–Trinajstić information content (AvgIpc) is 2.60. The van der Waals surface area contributed by atoms with Gasteiger partial charge in [-0.05, 0) is 28.8 Å². The SMILES string of the molecule is CC(=O)N1CC2(C1)[C@H](c1ccc(-c3ccc(F)cc3)cc1)[C@H](CO)N2C(C)=O. The lowest BCUT2D eigenvalue weighted by Gasteiger charge is -2.70. The molecule has 2 atom stereocenters. The topological polar surface area (TPSA) is 60.9 Å². The van der Waals surface area contributed by atoms with Crippen LogP contribution in [0.25, 0.3) is 11.1 Å². The maximum Gasteiger partial charge on any atom is 0.220 e. The van der Waals surface area contributed by atoms with Gasteiger partial charge in [-0.3, -0.25) is 9.59 Å². The summed E-state index contributed by atoms with van der Waals surface area (Å²) in [5.74, 6) is -0.389. The van der Waals surface area contributed by atoms with Crippen molar-refractivity contribution in [3.63, 3.8) is 0 Å². The molecule has 0 aromatic heterocycles. The lowest BCUT2D eigenvalue weighted by atomic mass is 9.60. The normalized spacial score (nSPS) is 22.6. The van der Waals surface area contributed by atoms with Crippen molar-refractivity contribution in [1.29, 1.82) is 0 Å². The lowest BCUT2D eigenvalue weighted by molar-refractivity contribution is -0.200. The molecule has 2 fully saturated rings. The number of halogens is 1. The highest BCUT2D eigenvalue weighted by atomic mass is 19.1. The van der Waals surface area contributed by atoms with Gasteiger partial charge < -0.3 is 14.9 Å².